The summed E-state index contributed by atoms with van der Waals surface area (Å²) in [5, 5.41) is 2.88. The van der Waals surface area contributed by atoms with Gasteiger partial charge >= 0.3 is 0 Å². The number of nitrogens with zero attached hydrogens (tertiary/aromatic N) is 1. The fraction of sp³-hybridized carbons (Fsp3) is 0.529. The number of ether oxygens (including phenoxy) is 2. The first-order valence-electron chi connectivity index (χ1n) is 7.96. The maximum atomic E-state index is 12.7. The molecule has 1 fully saturated rings. The first-order chi connectivity index (χ1) is 11.7. The standard InChI is InChI=1S/C17H24N2O4S/c1-22-15-6-4-3-5-13(15)16(20)18-14(7-12-24-2)17(21)19-8-10-23-11-9-19/h3-6,14H,7-12H2,1-2H3,(H,18,20). The number of nitrogens with one attached hydrogen (secondary N) is 1. The molecule has 1 aliphatic heterocycles. The first-order valence-corrected chi connectivity index (χ1v) is 9.36. The van der Waals surface area contributed by atoms with E-state index in [1.54, 1.807) is 40.9 Å². The van der Waals surface area contributed by atoms with Gasteiger partial charge in [0.05, 0.1) is 25.9 Å². The highest BCUT2D eigenvalue weighted by Gasteiger charge is 2.27. The minimum absolute atomic E-state index is 0.0457. The number of hydrogen-bond acceptors (Lipinski definition) is 5. The molecule has 24 heavy (non-hydrogen) atoms. The summed E-state index contributed by atoms with van der Waals surface area (Å²) in [6.45, 7) is 2.22. The zero-order chi connectivity index (χ0) is 17.4. The van der Waals surface area contributed by atoms with Gasteiger partial charge in [0.1, 0.15) is 11.8 Å². The molecule has 7 heteroatoms. The molecule has 1 atom stereocenters. The highest BCUT2D eigenvalue weighted by atomic mass is 32.2. The Labute approximate surface area is 146 Å². The fourth-order valence-corrected chi connectivity index (χ4v) is 3.04. The lowest BCUT2D eigenvalue weighted by atomic mass is 10.1. The van der Waals surface area contributed by atoms with Crippen molar-refractivity contribution in [3.8, 4) is 5.75 Å². The van der Waals surface area contributed by atoms with Gasteiger partial charge in [0.2, 0.25) is 5.91 Å². The summed E-state index contributed by atoms with van der Waals surface area (Å²) in [7, 11) is 1.52. The Morgan fingerprint density at radius 1 is 1.33 bits per heavy atom. The Bertz CT molecular complexity index is 561. The third-order valence-electron chi connectivity index (χ3n) is 3.89. The zero-order valence-electron chi connectivity index (χ0n) is 14.1. The van der Waals surface area contributed by atoms with Crippen LogP contribution in [0.5, 0.6) is 5.75 Å². The van der Waals surface area contributed by atoms with Crippen LogP contribution in [0.2, 0.25) is 0 Å². The highest BCUT2D eigenvalue weighted by Crippen LogP contribution is 2.18. The number of methoxy groups -OCH3 is 1. The molecule has 1 saturated heterocycles. The number of para-hydroxylation sites is 1. The van der Waals surface area contributed by atoms with Crippen molar-refractivity contribution in [2.24, 2.45) is 0 Å². The SMILES string of the molecule is COc1ccccc1C(=O)NC(CCSC)C(=O)N1CCOCC1. The Balaban J connectivity index is 2.09. The van der Waals surface area contributed by atoms with Crippen molar-refractivity contribution in [3.63, 3.8) is 0 Å². The van der Waals surface area contributed by atoms with E-state index in [1.165, 1.54) is 7.11 Å². The maximum absolute atomic E-state index is 12.7. The minimum Gasteiger partial charge on any atom is -0.496 e. The lowest BCUT2D eigenvalue weighted by Crippen LogP contribution is -2.52. The Morgan fingerprint density at radius 2 is 2.04 bits per heavy atom. The molecule has 6 nitrogen and oxygen atoms in total. The van der Waals surface area contributed by atoms with Gasteiger partial charge in [-0.2, -0.15) is 11.8 Å². The molecule has 1 aromatic carbocycles. The fourth-order valence-electron chi connectivity index (χ4n) is 2.57. The first kappa shape index (κ1) is 18.6. The zero-order valence-corrected chi connectivity index (χ0v) is 14.9. The topological polar surface area (TPSA) is 67.9 Å². The summed E-state index contributed by atoms with van der Waals surface area (Å²) in [6.07, 6.45) is 2.58. The second-order valence-electron chi connectivity index (χ2n) is 5.45. The molecule has 0 aliphatic carbocycles. The summed E-state index contributed by atoms with van der Waals surface area (Å²) < 4.78 is 10.5. The Kier molecular flexibility index (Phi) is 7.39. The highest BCUT2D eigenvalue weighted by molar-refractivity contribution is 7.98. The molecule has 1 unspecified atom stereocenters. The van der Waals surface area contributed by atoms with Gasteiger partial charge in [-0.25, -0.2) is 0 Å². The van der Waals surface area contributed by atoms with Gasteiger partial charge in [0.15, 0.2) is 0 Å². The van der Waals surface area contributed by atoms with Crippen LogP contribution in [0.1, 0.15) is 16.8 Å². The molecular formula is C17H24N2O4S. The molecule has 0 aromatic heterocycles. The Hall–Kier alpha value is -1.73. The van der Waals surface area contributed by atoms with Crippen molar-refractivity contribution in [1.29, 1.82) is 0 Å². The van der Waals surface area contributed by atoms with Gasteiger partial charge in [-0.15, -0.1) is 0 Å². The number of morpholine rings is 1. The number of hydrogen-bond donors (Lipinski definition) is 1. The number of thioether (sulfide) groups is 1. The van der Waals surface area contributed by atoms with Gasteiger partial charge in [-0.05, 0) is 30.6 Å². The molecule has 0 bridgehead atoms. The van der Waals surface area contributed by atoms with Crippen LogP contribution in [-0.4, -0.2) is 68.2 Å². The van der Waals surface area contributed by atoms with Crippen LogP contribution >= 0.6 is 11.8 Å². The van der Waals surface area contributed by atoms with E-state index in [1.807, 2.05) is 6.26 Å². The molecule has 1 aliphatic rings. The van der Waals surface area contributed by atoms with Crippen molar-refractivity contribution in [2.45, 2.75) is 12.5 Å². The molecule has 1 N–H and O–H groups in total. The van der Waals surface area contributed by atoms with Gasteiger partial charge in [0, 0.05) is 13.1 Å². The average molecular weight is 352 g/mol. The van der Waals surface area contributed by atoms with Crippen molar-refractivity contribution in [2.75, 3.05) is 45.4 Å². The van der Waals surface area contributed by atoms with E-state index < -0.39 is 6.04 Å². The lowest BCUT2D eigenvalue weighted by molar-refractivity contribution is -0.137. The van der Waals surface area contributed by atoms with E-state index in [0.717, 1.165) is 5.75 Å². The van der Waals surface area contributed by atoms with Crippen molar-refractivity contribution < 1.29 is 19.1 Å². The normalized spacial score (nSPS) is 15.7. The quantitative estimate of drug-likeness (QED) is 0.804. The third-order valence-corrected chi connectivity index (χ3v) is 4.53. The van der Waals surface area contributed by atoms with Gasteiger partial charge in [-0.3, -0.25) is 9.59 Å². The largest absolute Gasteiger partial charge is 0.496 e. The molecule has 0 saturated carbocycles. The van der Waals surface area contributed by atoms with Crippen LogP contribution in [0.25, 0.3) is 0 Å². The number of carbonyl (C=O) groups is 2. The number of carbonyl (C=O) groups excluding carboxylic acids is 2. The van der Waals surface area contributed by atoms with Crippen LogP contribution in [-0.2, 0) is 9.53 Å². The van der Waals surface area contributed by atoms with E-state index in [2.05, 4.69) is 5.32 Å². The molecular weight excluding hydrogens is 328 g/mol. The molecule has 1 heterocycles. The molecule has 132 valence electrons. The molecule has 1 aromatic rings. The van der Waals surface area contributed by atoms with Crippen LogP contribution in [0.3, 0.4) is 0 Å². The van der Waals surface area contributed by atoms with Crippen LogP contribution in [0.15, 0.2) is 24.3 Å². The molecule has 0 radical (unpaired) electrons. The summed E-state index contributed by atoms with van der Waals surface area (Å²) >= 11 is 1.65. The predicted molar refractivity (Wildman–Crippen MR) is 94.6 cm³/mol. The van der Waals surface area contributed by atoms with Crippen molar-refractivity contribution >= 4 is 23.6 Å². The summed E-state index contributed by atoms with van der Waals surface area (Å²) in [5.74, 6) is 0.959. The maximum Gasteiger partial charge on any atom is 0.255 e. The van der Waals surface area contributed by atoms with Crippen LogP contribution in [0, 0.1) is 0 Å². The summed E-state index contributed by atoms with van der Waals surface area (Å²) in [5.41, 5.74) is 0.434. The number of rotatable bonds is 7. The van der Waals surface area contributed by atoms with E-state index in [-0.39, 0.29) is 11.8 Å². The van der Waals surface area contributed by atoms with Crippen LogP contribution in [0.4, 0.5) is 0 Å². The van der Waals surface area contributed by atoms with Crippen molar-refractivity contribution in [1.82, 2.24) is 10.2 Å². The average Bonchev–Trinajstić information content (AvgIpc) is 2.65. The van der Waals surface area contributed by atoms with E-state index in [4.69, 9.17) is 9.47 Å². The van der Waals surface area contributed by atoms with Crippen molar-refractivity contribution in [3.05, 3.63) is 29.8 Å². The van der Waals surface area contributed by atoms with Crippen LogP contribution < -0.4 is 10.1 Å². The second-order valence-corrected chi connectivity index (χ2v) is 6.43. The monoisotopic (exact) mass is 352 g/mol. The number of benzene rings is 1. The molecule has 0 spiro atoms. The smallest absolute Gasteiger partial charge is 0.255 e. The third kappa shape index (κ3) is 4.88. The van der Waals surface area contributed by atoms with Gasteiger partial charge < -0.3 is 19.7 Å². The minimum atomic E-state index is -0.534. The number of amides is 2. The summed E-state index contributed by atoms with van der Waals surface area (Å²) in [6, 6.07) is 6.47. The predicted octanol–water partition coefficient (Wildman–Crippen LogP) is 1.41. The molecule has 2 amide bonds. The van der Waals surface area contributed by atoms with Gasteiger partial charge in [0.25, 0.3) is 5.91 Å². The van der Waals surface area contributed by atoms with Gasteiger partial charge in [-0.1, -0.05) is 12.1 Å². The Morgan fingerprint density at radius 3 is 2.71 bits per heavy atom. The van der Waals surface area contributed by atoms with E-state index in [0.29, 0.717) is 44.0 Å². The van der Waals surface area contributed by atoms with E-state index >= 15 is 0 Å². The lowest BCUT2D eigenvalue weighted by Gasteiger charge is -2.30. The summed E-state index contributed by atoms with van der Waals surface area (Å²) in [4.78, 5) is 27.1. The van der Waals surface area contributed by atoms with E-state index in [9.17, 15) is 9.59 Å². The molecule has 2 rings (SSSR count). The second kappa shape index (κ2) is 9.54.